The molecule has 0 aromatic heterocycles. The predicted molar refractivity (Wildman–Crippen MR) is 71.0 cm³/mol. The second-order valence-electron chi connectivity index (χ2n) is 4.58. The highest BCUT2D eigenvalue weighted by atomic mass is 19.2. The number of hydrogen-bond acceptors (Lipinski definition) is 3. The lowest BCUT2D eigenvalue weighted by Crippen LogP contribution is -2.34. The van der Waals surface area contributed by atoms with E-state index in [0.717, 1.165) is 12.1 Å². The number of nitrogen functional groups attached to an aromatic ring is 1. The summed E-state index contributed by atoms with van der Waals surface area (Å²) in [5.41, 5.74) is 5.12. The Morgan fingerprint density at radius 1 is 1.25 bits per heavy atom. The molecule has 20 heavy (non-hydrogen) atoms. The van der Waals surface area contributed by atoms with Crippen LogP contribution in [0.4, 0.5) is 14.5 Å². The van der Waals surface area contributed by atoms with Crippen LogP contribution in [-0.4, -0.2) is 24.4 Å². The molecule has 0 aliphatic carbocycles. The standard InChI is InChI=1S/C13H17F2N3O2/c1-7(2)18-12(19)3-4-17-13(20)8-5-9(14)10(15)6-11(8)16/h5-7H,3-4,16H2,1-2H3,(H,17,20)(H,18,19). The van der Waals surface area contributed by atoms with Crippen LogP contribution in [0.3, 0.4) is 0 Å². The smallest absolute Gasteiger partial charge is 0.253 e. The maximum absolute atomic E-state index is 13.0. The van der Waals surface area contributed by atoms with Gasteiger partial charge >= 0.3 is 0 Å². The summed E-state index contributed by atoms with van der Waals surface area (Å²) in [6.07, 6.45) is 0.0908. The summed E-state index contributed by atoms with van der Waals surface area (Å²) >= 11 is 0. The van der Waals surface area contributed by atoms with E-state index >= 15 is 0 Å². The van der Waals surface area contributed by atoms with Gasteiger partial charge < -0.3 is 16.4 Å². The number of nitrogens with two attached hydrogens (primary N) is 1. The van der Waals surface area contributed by atoms with Crippen molar-refractivity contribution in [3.63, 3.8) is 0 Å². The van der Waals surface area contributed by atoms with Crippen molar-refractivity contribution in [2.75, 3.05) is 12.3 Å². The Kier molecular flexibility index (Phi) is 5.42. The van der Waals surface area contributed by atoms with Crippen molar-refractivity contribution in [2.24, 2.45) is 0 Å². The lowest BCUT2D eigenvalue weighted by atomic mass is 10.1. The highest BCUT2D eigenvalue weighted by Crippen LogP contribution is 2.16. The van der Waals surface area contributed by atoms with Gasteiger partial charge in [0.2, 0.25) is 5.91 Å². The lowest BCUT2D eigenvalue weighted by Gasteiger charge is -2.10. The number of halogens is 2. The third kappa shape index (κ3) is 4.49. The van der Waals surface area contributed by atoms with Crippen molar-refractivity contribution in [3.8, 4) is 0 Å². The molecule has 0 radical (unpaired) electrons. The molecule has 1 rings (SSSR count). The Morgan fingerprint density at radius 2 is 1.85 bits per heavy atom. The molecule has 1 aromatic carbocycles. The Hall–Kier alpha value is -2.18. The highest BCUT2D eigenvalue weighted by molar-refractivity contribution is 5.99. The molecule has 0 fully saturated rings. The molecule has 5 nitrogen and oxygen atoms in total. The van der Waals surface area contributed by atoms with E-state index in [4.69, 9.17) is 5.73 Å². The molecule has 0 spiro atoms. The van der Waals surface area contributed by atoms with Gasteiger partial charge in [0.15, 0.2) is 11.6 Å². The number of benzene rings is 1. The van der Waals surface area contributed by atoms with E-state index in [1.54, 1.807) is 0 Å². The minimum absolute atomic E-state index is 0.0139. The molecule has 0 aliphatic heterocycles. The van der Waals surface area contributed by atoms with Gasteiger partial charge in [0, 0.05) is 30.8 Å². The molecule has 110 valence electrons. The van der Waals surface area contributed by atoms with Crippen molar-refractivity contribution in [1.82, 2.24) is 10.6 Å². The summed E-state index contributed by atoms with van der Waals surface area (Å²) in [6.45, 7) is 3.72. The molecule has 0 saturated heterocycles. The summed E-state index contributed by atoms with van der Waals surface area (Å²) in [4.78, 5) is 23.1. The second-order valence-corrected chi connectivity index (χ2v) is 4.58. The topological polar surface area (TPSA) is 84.2 Å². The first-order valence-electron chi connectivity index (χ1n) is 6.13. The first-order chi connectivity index (χ1) is 9.31. The van der Waals surface area contributed by atoms with Gasteiger partial charge in [-0.3, -0.25) is 9.59 Å². The minimum Gasteiger partial charge on any atom is -0.398 e. The molecular weight excluding hydrogens is 268 g/mol. The zero-order chi connectivity index (χ0) is 15.3. The molecule has 0 bridgehead atoms. The summed E-state index contributed by atoms with van der Waals surface area (Å²) in [6, 6.07) is 1.49. The molecule has 0 heterocycles. The highest BCUT2D eigenvalue weighted by Gasteiger charge is 2.14. The number of carbonyl (C=O) groups excluding carboxylic acids is 2. The fraction of sp³-hybridized carbons (Fsp3) is 0.385. The van der Waals surface area contributed by atoms with E-state index in [-0.39, 0.29) is 36.2 Å². The summed E-state index contributed by atoms with van der Waals surface area (Å²) < 4.78 is 25.9. The average molecular weight is 285 g/mol. The third-order valence-electron chi connectivity index (χ3n) is 2.42. The van der Waals surface area contributed by atoms with Gasteiger partial charge in [0.1, 0.15) is 0 Å². The Bertz CT molecular complexity index is 519. The summed E-state index contributed by atoms with van der Waals surface area (Å²) in [5, 5.41) is 5.08. The van der Waals surface area contributed by atoms with Crippen LogP contribution in [0.1, 0.15) is 30.6 Å². The van der Waals surface area contributed by atoms with Gasteiger partial charge in [-0.2, -0.15) is 0 Å². The van der Waals surface area contributed by atoms with Gasteiger partial charge in [-0.05, 0) is 19.9 Å². The maximum Gasteiger partial charge on any atom is 0.253 e. The van der Waals surface area contributed by atoms with E-state index < -0.39 is 17.5 Å². The van der Waals surface area contributed by atoms with Crippen LogP contribution in [0.15, 0.2) is 12.1 Å². The number of amides is 2. The van der Waals surface area contributed by atoms with Crippen LogP contribution < -0.4 is 16.4 Å². The van der Waals surface area contributed by atoms with Crippen LogP contribution in [0.5, 0.6) is 0 Å². The van der Waals surface area contributed by atoms with Crippen LogP contribution in [0, 0.1) is 11.6 Å². The second kappa shape index (κ2) is 6.83. The molecule has 0 saturated carbocycles. The fourth-order valence-electron chi connectivity index (χ4n) is 1.54. The summed E-state index contributed by atoms with van der Waals surface area (Å²) in [5.74, 6) is -3.13. The van der Waals surface area contributed by atoms with Crippen molar-refractivity contribution in [1.29, 1.82) is 0 Å². The zero-order valence-electron chi connectivity index (χ0n) is 11.3. The van der Waals surface area contributed by atoms with Gasteiger partial charge in [0.25, 0.3) is 5.91 Å². The van der Waals surface area contributed by atoms with Crippen molar-refractivity contribution in [2.45, 2.75) is 26.3 Å². The maximum atomic E-state index is 13.0. The molecule has 0 aliphatic rings. The van der Waals surface area contributed by atoms with Crippen molar-refractivity contribution < 1.29 is 18.4 Å². The molecule has 0 unspecified atom stereocenters. The van der Waals surface area contributed by atoms with E-state index in [1.807, 2.05) is 13.8 Å². The monoisotopic (exact) mass is 285 g/mol. The quantitative estimate of drug-likeness (QED) is 0.711. The number of hydrogen-bond donors (Lipinski definition) is 3. The molecule has 7 heteroatoms. The van der Waals surface area contributed by atoms with E-state index in [9.17, 15) is 18.4 Å². The molecule has 2 amide bonds. The fourth-order valence-corrected chi connectivity index (χ4v) is 1.54. The van der Waals surface area contributed by atoms with Crippen molar-refractivity contribution in [3.05, 3.63) is 29.3 Å². The lowest BCUT2D eigenvalue weighted by molar-refractivity contribution is -0.121. The number of carbonyl (C=O) groups is 2. The van der Waals surface area contributed by atoms with Gasteiger partial charge in [-0.15, -0.1) is 0 Å². The van der Waals surface area contributed by atoms with Crippen molar-refractivity contribution >= 4 is 17.5 Å². The first kappa shape index (κ1) is 15.9. The van der Waals surface area contributed by atoms with Gasteiger partial charge in [0.05, 0.1) is 5.56 Å². The predicted octanol–water partition coefficient (Wildman–Crippen LogP) is 1.19. The number of rotatable bonds is 5. The number of nitrogens with one attached hydrogen (secondary N) is 2. The van der Waals surface area contributed by atoms with Crippen LogP contribution in [0.25, 0.3) is 0 Å². The third-order valence-corrected chi connectivity index (χ3v) is 2.42. The van der Waals surface area contributed by atoms with Gasteiger partial charge in [-0.25, -0.2) is 8.78 Å². The van der Waals surface area contributed by atoms with E-state index in [2.05, 4.69) is 10.6 Å². The average Bonchev–Trinajstić information content (AvgIpc) is 2.32. The molecule has 1 aromatic rings. The Balaban J connectivity index is 2.56. The Morgan fingerprint density at radius 3 is 2.45 bits per heavy atom. The zero-order valence-corrected chi connectivity index (χ0v) is 11.3. The normalized spacial score (nSPS) is 10.4. The van der Waals surface area contributed by atoms with E-state index in [1.165, 1.54) is 0 Å². The molecular formula is C13H17F2N3O2. The largest absolute Gasteiger partial charge is 0.398 e. The van der Waals surface area contributed by atoms with Crippen LogP contribution in [0.2, 0.25) is 0 Å². The Labute approximate surface area is 115 Å². The molecule has 0 atom stereocenters. The first-order valence-corrected chi connectivity index (χ1v) is 6.13. The SMILES string of the molecule is CC(C)NC(=O)CCNC(=O)c1cc(F)c(F)cc1N. The van der Waals surface area contributed by atoms with Crippen LogP contribution >= 0.6 is 0 Å². The molecule has 4 N–H and O–H groups in total. The van der Waals surface area contributed by atoms with E-state index in [0.29, 0.717) is 0 Å². The number of anilines is 1. The van der Waals surface area contributed by atoms with Crippen LogP contribution in [-0.2, 0) is 4.79 Å². The van der Waals surface area contributed by atoms with Gasteiger partial charge in [-0.1, -0.05) is 0 Å². The minimum atomic E-state index is -1.15. The summed E-state index contributed by atoms with van der Waals surface area (Å²) in [7, 11) is 0.